The molecule has 0 fully saturated rings. The van der Waals surface area contributed by atoms with Crippen LogP contribution in [-0.4, -0.2) is 25.1 Å². The molecule has 5 nitrogen and oxygen atoms in total. The van der Waals surface area contributed by atoms with E-state index in [1.165, 1.54) is 0 Å². The molecule has 26 heavy (non-hydrogen) atoms. The molecule has 0 radical (unpaired) electrons. The smallest absolute Gasteiger partial charge is 0.344 e. The molecule has 0 atom stereocenters. The molecule has 138 valence electrons. The van der Waals surface area contributed by atoms with Crippen molar-refractivity contribution in [2.45, 2.75) is 26.7 Å². The number of carbonyl (C=O) groups is 2. The molecule has 0 heterocycles. The van der Waals surface area contributed by atoms with Crippen LogP contribution in [0.3, 0.4) is 0 Å². The lowest BCUT2D eigenvalue weighted by Gasteiger charge is -2.15. The Morgan fingerprint density at radius 1 is 1.12 bits per heavy atom. The van der Waals surface area contributed by atoms with Gasteiger partial charge in [0.15, 0.2) is 13.2 Å². The Morgan fingerprint density at radius 3 is 2.46 bits per heavy atom. The molecule has 0 unspecified atom stereocenters. The van der Waals surface area contributed by atoms with Crippen molar-refractivity contribution in [1.29, 1.82) is 0 Å². The molecule has 2 rings (SSSR count). The molecule has 0 bridgehead atoms. The topological polar surface area (TPSA) is 64.6 Å². The molecule has 0 aromatic heterocycles. The number of ether oxygens (including phenoxy) is 2. The highest BCUT2D eigenvalue weighted by atomic mass is 35.5. The summed E-state index contributed by atoms with van der Waals surface area (Å²) < 4.78 is 10.5. The molecule has 1 amide bonds. The predicted molar refractivity (Wildman–Crippen MR) is 102 cm³/mol. The third kappa shape index (κ3) is 5.77. The average Bonchev–Trinajstić information content (AvgIpc) is 2.61. The number of carbonyl (C=O) groups excluding carboxylic acids is 2. The summed E-state index contributed by atoms with van der Waals surface area (Å²) >= 11 is 6.15. The van der Waals surface area contributed by atoms with Crippen molar-refractivity contribution < 1.29 is 19.1 Å². The van der Waals surface area contributed by atoms with Crippen molar-refractivity contribution in [2.24, 2.45) is 0 Å². The predicted octanol–water partition coefficient (Wildman–Crippen LogP) is 4.33. The maximum absolute atomic E-state index is 11.9. The van der Waals surface area contributed by atoms with E-state index in [9.17, 15) is 9.59 Å². The molecule has 0 saturated heterocycles. The second kappa shape index (κ2) is 9.25. The maximum Gasteiger partial charge on any atom is 0.344 e. The average molecular weight is 376 g/mol. The van der Waals surface area contributed by atoms with Crippen molar-refractivity contribution in [3.8, 4) is 5.75 Å². The fraction of sp³-hybridized carbons (Fsp3) is 0.300. The highest BCUT2D eigenvalue weighted by Crippen LogP contribution is 2.31. The van der Waals surface area contributed by atoms with Crippen LogP contribution in [0.2, 0.25) is 5.02 Å². The van der Waals surface area contributed by atoms with Crippen LogP contribution in [0.1, 0.15) is 30.9 Å². The summed E-state index contributed by atoms with van der Waals surface area (Å²) in [5, 5.41) is 3.29. The normalized spacial score (nSPS) is 10.5. The number of anilines is 1. The van der Waals surface area contributed by atoms with Crippen LogP contribution in [0.5, 0.6) is 5.75 Å². The van der Waals surface area contributed by atoms with Gasteiger partial charge in [0.05, 0.1) is 0 Å². The molecule has 0 aliphatic heterocycles. The van der Waals surface area contributed by atoms with Crippen LogP contribution in [-0.2, 0) is 14.3 Å². The largest absolute Gasteiger partial charge is 0.482 e. The lowest BCUT2D eigenvalue weighted by molar-refractivity contribution is -0.149. The number of hydrogen-bond acceptors (Lipinski definition) is 4. The first-order valence-corrected chi connectivity index (χ1v) is 8.68. The highest BCUT2D eigenvalue weighted by Gasteiger charge is 2.14. The summed E-state index contributed by atoms with van der Waals surface area (Å²) in [6.07, 6.45) is 0. The van der Waals surface area contributed by atoms with Crippen LogP contribution >= 0.6 is 11.6 Å². The van der Waals surface area contributed by atoms with Gasteiger partial charge in [-0.2, -0.15) is 0 Å². The second-order valence-electron chi connectivity index (χ2n) is 6.16. The van der Waals surface area contributed by atoms with Gasteiger partial charge in [0.1, 0.15) is 5.75 Å². The van der Waals surface area contributed by atoms with Gasteiger partial charge in [-0.25, -0.2) is 4.79 Å². The zero-order valence-corrected chi connectivity index (χ0v) is 15.8. The first kappa shape index (κ1) is 19.8. The molecular formula is C20H22ClNO4. The van der Waals surface area contributed by atoms with E-state index in [4.69, 9.17) is 21.1 Å². The number of benzene rings is 2. The number of esters is 1. The second-order valence-corrected chi connectivity index (χ2v) is 6.56. The molecule has 0 aliphatic carbocycles. The lowest BCUT2D eigenvalue weighted by Crippen LogP contribution is -2.23. The van der Waals surface area contributed by atoms with Gasteiger partial charge in [-0.05, 0) is 48.2 Å². The zero-order chi connectivity index (χ0) is 19.1. The quantitative estimate of drug-likeness (QED) is 0.731. The SMILES string of the molecule is Cc1cc(OCC(=O)OCC(=O)Nc2ccccc2)c(C(C)C)cc1Cl. The standard InChI is InChI=1S/C20H22ClNO4/c1-13(2)16-10-17(21)14(3)9-18(16)25-12-20(24)26-11-19(23)22-15-7-5-4-6-8-15/h4-10,13H,11-12H2,1-3H3,(H,22,23). The number of aryl methyl sites for hydroxylation is 1. The Kier molecular flexibility index (Phi) is 7.04. The minimum absolute atomic E-state index is 0.191. The maximum atomic E-state index is 11.9. The van der Waals surface area contributed by atoms with Crippen molar-refractivity contribution in [1.82, 2.24) is 0 Å². The first-order valence-electron chi connectivity index (χ1n) is 8.30. The van der Waals surface area contributed by atoms with E-state index in [0.29, 0.717) is 16.5 Å². The van der Waals surface area contributed by atoms with Gasteiger partial charge in [0, 0.05) is 10.7 Å². The van der Waals surface area contributed by atoms with Crippen LogP contribution in [0.4, 0.5) is 5.69 Å². The van der Waals surface area contributed by atoms with Gasteiger partial charge in [-0.3, -0.25) is 4.79 Å². The van der Waals surface area contributed by atoms with E-state index >= 15 is 0 Å². The summed E-state index contributed by atoms with van der Waals surface area (Å²) in [6, 6.07) is 12.6. The van der Waals surface area contributed by atoms with Crippen molar-refractivity contribution in [3.63, 3.8) is 0 Å². The molecule has 0 saturated carbocycles. The van der Waals surface area contributed by atoms with Crippen LogP contribution in [0, 0.1) is 6.92 Å². The number of hydrogen-bond donors (Lipinski definition) is 1. The number of halogens is 1. The van der Waals surface area contributed by atoms with Crippen molar-refractivity contribution >= 4 is 29.2 Å². The van der Waals surface area contributed by atoms with Gasteiger partial charge < -0.3 is 14.8 Å². The van der Waals surface area contributed by atoms with Crippen LogP contribution in [0.15, 0.2) is 42.5 Å². The van der Waals surface area contributed by atoms with Crippen molar-refractivity contribution in [3.05, 3.63) is 58.6 Å². The Hall–Kier alpha value is -2.53. The molecule has 0 aliphatic rings. The number of para-hydroxylation sites is 1. The molecule has 1 N–H and O–H groups in total. The monoisotopic (exact) mass is 375 g/mol. The number of nitrogens with one attached hydrogen (secondary N) is 1. The summed E-state index contributed by atoms with van der Waals surface area (Å²) in [6.45, 7) is 5.25. The molecule has 6 heteroatoms. The van der Waals surface area contributed by atoms with Gasteiger partial charge in [0.2, 0.25) is 0 Å². The van der Waals surface area contributed by atoms with Gasteiger partial charge >= 0.3 is 5.97 Å². The van der Waals surface area contributed by atoms with Gasteiger partial charge in [-0.1, -0.05) is 43.6 Å². The van der Waals surface area contributed by atoms with E-state index in [1.54, 1.807) is 30.3 Å². The molecule has 2 aromatic rings. The van der Waals surface area contributed by atoms with E-state index in [2.05, 4.69) is 5.32 Å². The number of rotatable bonds is 7. The summed E-state index contributed by atoms with van der Waals surface area (Å²) in [7, 11) is 0. The zero-order valence-electron chi connectivity index (χ0n) is 15.0. The Balaban J connectivity index is 1.85. The molecular weight excluding hydrogens is 354 g/mol. The van der Waals surface area contributed by atoms with Crippen molar-refractivity contribution in [2.75, 3.05) is 18.5 Å². The summed E-state index contributed by atoms with van der Waals surface area (Å²) in [4.78, 5) is 23.6. The Labute approximate surface area is 158 Å². The number of amides is 1. The minimum atomic E-state index is -0.615. The Morgan fingerprint density at radius 2 is 1.81 bits per heavy atom. The third-order valence-corrected chi connectivity index (χ3v) is 4.09. The molecule has 2 aromatic carbocycles. The van der Waals surface area contributed by atoms with E-state index in [0.717, 1.165) is 11.1 Å². The Bertz CT molecular complexity index is 775. The summed E-state index contributed by atoms with van der Waals surface area (Å²) in [5.41, 5.74) is 2.42. The van der Waals surface area contributed by atoms with E-state index in [-0.39, 0.29) is 19.1 Å². The lowest BCUT2D eigenvalue weighted by atomic mass is 10.0. The fourth-order valence-electron chi connectivity index (χ4n) is 2.29. The fourth-order valence-corrected chi connectivity index (χ4v) is 2.46. The summed E-state index contributed by atoms with van der Waals surface area (Å²) in [5.74, 6) is -0.242. The van der Waals surface area contributed by atoms with Gasteiger partial charge in [-0.15, -0.1) is 0 Å². The first-order chi connectivity index (χ1) is 12.4. The van der Waals surface area contributed by atoms with Crippen LogP contribution in [0.25, 0.3) is 0 Å². The van der Waals surface area contributed by atoms with E-state index in [1.807, 2.05) is 32.9 Å². The van der Waals surface area contributed by atoms with Gasteiger partial charge in [0.25, 0.3) is 5.91 Å². The minimum Gasteiger partial charge on any atom is -0.482 e. The molecule has 0 spiro atoms. The van der Waals surface area contributed by atoms with Crippen LogP contribution < -0.4 is 10.1 Å². The highest BCUT2D eigenvalue weighted by molar-refractivity contribution is 6.31. The third-order valence-electron chi connectivity index (χ3n) is 3.68. The van der Waals surface area contributed by atoms with E-state index < -0.39 is 11.9 Å².